The average Bonchev–Trinajstić information content (AvgIpc) is 2.49. The van der Waals surface area contributed by atoms with Gasteiger partial charge < -0.3 is 0 Å². The van der Waals surface area contributed by atoms with Crippen molar-refractivity contribution < 1.29 is 0 Å². The van der Waals surface area contributed by atoms with Gasteiger partial charge in [0.2, 0.25) is 0 Å². The fourth-order valence-corrected chi connectivity index (χ4v) is 1.29. The zero-order valence-electron chi connectivity index (χ0n) is 8.55. The van der Waals surface area contributed by atoms with E-state index in [9.17, 15) is 0 Å². The Morgan fingerprint density at radius 1 is 1.54 bits per heavy atom. The van der Waals surface area contributed by atoms with Crippen molar-refractivity contribution in [2.75, 3.05) is 0 Å². The van der Waals surface area contributed by atoms with Gasteiger partial charge >= 0.3 is 0 Å². The van der Waals surface area contributed by atoms with Crippen LogP contribution < -0.4 is 0 Å². The Morgan fingerprint density at radius 3 is 2.62 bits per heavy atom. The summed E-state index contributed by atoms with van der Waals surface area (Å²) in [6, 6.07) is 2.22. The summed E-state index contributed by atoms with van der Waals surface area (Å²) in [6.45, 7) is 8.20. The van der Waals surface area contributed by atoms with Gasteiger partial charge in [-0.3, -0.25) is 5.10 Å². The molecule has 0 bridgehead atoms. The highest BCUT2D eigenvalue weighted by Crippen LogP contribution is 2.27. The first kappa shape index (κ1) is 9.79. The fraction of sp³-hybridized carbons (Fsp3) is 0.600. The van der Waals surface area contributed by atoms with Crippen LogP contribution in [0.1, 0.15) is 44.9 Å². The third kappa shape index (κ3) is 1.89. The Bertz CT molecular complexity index is 325. The van der Waals surface area contributed by atoms with Crippen LogP contribution in [-0.2, 0) is 5.41 Å². The lowest BCUT2D eigenvalue weighted by Gasteiger charge is -2.18. The number of rotatable bonds is 1. The maximum absolute atomic E-state index is 8.81. The van der Waals surface area contributed by atoms with Crippen molar-refractivity contribution in [3.8, 4) is 6.07 Å². The molecule has 1 heterocycles. The molecule has 1 aromatic heterocycles. The summed E-state index contributed by atoms with van der Waals surface area (Å²) in [6.07, 6.45) is 1.74. The van der Waals surface area contributed by atoms with Gasteiger partial charge in [-0.15, -0.1) is 0 Å². The normalized spacial score (nSPS) is 13.8. The lowest BCUT2D eigenvalue weighted by atomic mass is 9.86. The van der Waals surface area contributed by atoms with E-state index in [0.717, 1.165) is 11.3 Å². The lowest BCUT2D eigenvalue weighted by molar-refractivity contribution is 0.559. The third-order valence-corrected chi connectivity index (χ3v) is 2.08. The van der Waals surface area contributed by atoms with Gasteiger partial charge in [0.15, 0.2) is 0 Å². The molecule has 1 rings (SSSR count). The largest absolute Gasteiger partial charge is 0.282 e. The fourth-order valence-electron chi connectivity index (χ4n) is 1.29. The molecule has 13 heavy (non-hydrogen) atoms. The van der Waals surface area contributed by atoms with E-state index in [1.807, 2.05) is 6.92 Å². The quantitative estimate of drug-likeness (QED) is 0.715. The zero-order chi connectivity index (χ0) is 10.1. The highest BCUT2D eigenvalue weighted by molar-refractivity contribution is 5.30. The summed E-state index contributed by atoms with van der Waals surface area (Å²) in [4.78, 5) is 0. The highest BCUT2D eigenvalue weighted by atomic mass is 15.1. The van der Waals surface area contributed by atoms with Crippen LogP contribution in [-0.4, -0.2) is 10.2 Å². The molecule has 0 aromatic carbocycles. The third-order valence-electron chi connectivity index (χ3n) is 2.08. The molecule has 0 aliphatic rings. The Hall–Kier alpha value is -1.30. The summed E-state index contributed by atoms with van der Waals surface area (Å²) in [5, 5.41) is 15.7. The molecule has 0 amide bonds. The van der Waals surface area contributed by atoms with Crippen LogP contribution in [0.2, 0.25) is 0 Å². The molecule has 3 nitrogen and oxygen atoms in total. The Kier molecular flexibility index (Phi) is 2.42. The smallest absolute Gasteiger partial charge is 0.0718 e. The van der Waals surface area contributed by atoms with Gasteiger partial charge in [0.05, 0.1) is 18.2 Å². The zero-order valence-corrected chi connectivity index (χ0v) is 8.55. The van der Waals surface area contributed by atoms with Gasteiger partial charge in [0, 0.05) is 16.7 Å². The molecule has 3 heteroatoms. The second kappa shape index (κ2) is 3.21. The minimum atomic E-state index is -0.0898. The standard InChI is InChI=1S/C10H15N3/c1-7(5-11)8-6-12-13-9(8)10(2,3)4/h6-7H,1-4H3,(H,12,13). The maximum atomic E-state index is 8.81. The lowest BCUT2D eigenvalue weighted by Crippen LogP contribution is -2.15. The molecule has 1 atom stereocenters. The molecule has 1 unspecified atom stereocenters. The van der Waals surface area contributed by atoms with Crippen LogP contribution in [0.15, 0.2) is 6.20 Å². The minimum Gasteiger partial charge on any atom is -0.282 e. The monoisotopic (exact) mass is 177 g/mol. The summed E-state index contributed by atoms with van der Waals surface area (Å²) in [7, 11) is 0. The number of hydrogen-bond acceptors (Lipinski definition) is 2. The first-order chi connectivity index (χ1) is 5.96. The van der Waals surface area contributed by atoms with E-state index in [4.69, 9.17) is 5.26 Å². The van der Waals surface area contributed by atoms with E-state index in [0.29, 0.717) is 0 Å². The highest BCUT2D eigenvalue weighted by Gasteiger charge is 2.22. The van der Waals surface area contributed by atoms with E-state index in [1.165, 1.54) is 0 Å². The first-order valence-corrected chi connectivity index (χ1v) is 4.40. The molecule has 0 spiro atoms. The van der Waals surface area contributed by atoms with Crippen LogP contribution >= 0.6 is 0 Å². The van der Waals surface area contributed by atoms with Crippen LogP contribution in [0.4, 0.5) is 0 Å². The number of aromatic amines is 1. The van der Waals surface area contributed by atoms with Crippen molar-refractivity contribution in [2.24, 2.45) is 0 Å². The summed E-state index contributed by atoms with van der Waals surface area (Å²) < 4.78 is 0. The summed E-state index contributed by atoms with van der Waals surface area (Å²) in [5.74, 6) is -0.0898. The molecule has 0 radical (unpaired) electrons. The van der Waals surface area contributed by atoms with E-state index < -0.39 is 0 Å². The molecule has 0 fully saturated rings. The topological polar surface area (TPSA) is 52.5 Å². The van der Waals surface area contributed by atoms with Crippen molar-refractivity contribution in [2.45, 2.75) is 39.0 Å². The van der Waals surface area contributed by atoms with Crippen molar-refractivity contribution in [3.63, 3.8) is 0 Å². The Balaban J connectivity index is 3.12. The van der Waals surface area contributed by atoms with Gasteiger partial charge in [0.25, 0.3) is 0 Å². The summed E-state index contributed by atoms with van der Waals surface area (Å²) >= 11 is 0. The second-order valence-corrected chi connectivity index (χ2v) is 4.30. The predicted molar refractivity (Wildman–Crippen MR) is 51.3 cm³/mol. The van der Waals surface area contributed by atoms with Gasteiger partial charge in [-0.1, -0.05) is 20.8 Å². The van der Waals surface area contributed by atoms with Crippen LogP contribution in [0.5, 0.6) is 0 Å². The number of H-pyrrole nitrogens is 1. The van der Waals surface area contributed by atoms with E-state index in [1.54, 1.807) is 6.20 Å². The number of nitriles is 1. The number of nitrogens with one attached hydrogen (secondary N) is 1. The SMILES string of the molecule is CC(C#N)c1cn[nH]c1C(C)(C)C. The average molecular weight is 177 g/mol. The first-order valence-electron chi connectivity index (χ1n) is 4.40. The summed E-state index contributed by atoms with van der Waals surface area (Å²) in [5.41, 5.74) is 2.09. The van der Waals surface area contributed by atoms with Gasteiger partial charge in [0.1, 0.15) is 0 Å². The number of nitrogens with zero attached hydrogens (tertiary/aromatic N) is 2. The van der Waals surface area contributed by atoms with E-state index in [2.05, 4.69) is 37.0 Å². The molecule has 0 aliphatic heterocycles. The van der Waals surface area contributed by atoms with E-state index >= 15 is 0 Å². The number of hydrogen-bond donors (Lipinski definition) is 1. The molecule has 1 N–H and O–H groups in total. The van der Waals surface area contributed by atoms with Crippen molar-refractivity contribution in [3.05, 3.63) is 17.5 Å². The van der Waals surface area contributed by atoms with Crippen molar-refractivity contribution in [1.29, 1.82) is 5.26 Å². The van der Waals surface area contributed by atoms with Gasteiger partial charge in [-0.05, 0) is 6.92 Å². The molecular formula is C10H15N3. The predicted octanol–water partition coefficient (Wildman–Crippen LogP) is 2.33. The van der Waals surface area contributed by atoms with Crippen molar-refractivity contribution in [1.82, 2.24) is 10.2 Å². The second-order valence-electron chi connectivity index (χ2n) is 4.30. The van der Waals surface area contributed by atoms with Gasteiger partial charge in [-0.25, -0.2) is 0 Å². The molecule has 1 aromatic rings. The van der Waals surface area contributed by atoms with Gasteiger partial charge in [-0.2, -0.15) is 10.4 Å². The molecular weight excluding hydrogens is 162 g/mol. The minimum absolute atomic E-state index is 0.0247. The molecule has 0 saturated carbocycles. The maximum Gasteiger partial charge on any atom is 0.0718 e. The molecule has 70 valence electrons. The Morgan fingerprint density at radius 2 is 2.15 bits per heavy atom. The molecule has 0 aliphatic carbocycles. The van der Waals surface area contributed by atoms with Crippen LogP contribution in [0, 0.1) is 11.3 Å². The van der Waals surface area contributed by atoms with Crippen molar-refractivity contribution >= 4 is 0 Å². The van der Waals surface area contributed by atoms with E-state index in [-0.39, 0.29) is 11.3 Å². The Labute approximate surface area is 78.8 Å². The molecule has 0 saturated heterocycles. The van der Waals surface area contributed by atoms with Crippen LogP contribution in [0.25, 0.3) is 0 Å². The number of aromatic nitrogens is 2. The van der Waals surface area contributed by atoms with Crippen LogP contribution in [0.3, 0.4) is 0 Å².